The predicted molar refractivity (Wildman–Crippen MR) is 125 cm³/mol. The summed E-state index contributed by atoms with van der Waals surface area (Å²) in [5.74, 6) is -1.36. The van der Waals surface area contributed by atoms with Crippen LogP contribution in [0.25, 0.3) is 28.4 Å². The summed E-state index contributed by atoms with van der Waals surface area (Å²) in [5, 5.41) is 8.05. The molecule has 0 saturated carbocycles. The number of hydrogen-bond donors (Lipinski definition) is 1. The molecule has 0 saturated heterocycles. The van der Waals surface area contributed by atoms with Crippen LogP contribution in [0, 0.1) is 11.6 Å². The summed E-state index contributed by atoms with van der Waals surface area (Å²) in [4.78, 5) is 7.82. The third-order valence-corrected chi connectivity index (χ3v) is 6.70. The molecule has 0 aliphatic carbocycles. The molecule has 1 aromatic carbocycles. The number of anilines is 1. The number of aryl methyl sites for hydroxylation is 1. The fourth-order valence-electron chi connectivity index (χ4n) is 3.55. The zero-order chi connectivity index (χ0) is 25.4. The van der Waals surface area contributed by atoms with Crippen LogP contribution < -0.4 is 9.46 Å². The van der Waals surface area contributed by atoms with Crippen LogP contribution in [0.3, 0.4) is 0 Å². The fourth-order valence-corrected chi connectivity index (χ4v) is 4.66. The van der Waals surface area contributed by atoms with Crippen LogP contribution >= 0.6 is 0 Å². The lowest BCUT2D eigenvalue weighted by Crippen LogP contribution is -2.15. The Kier molecular flexibility index (Phi) is 5.84. The zero-order valence-corrected chi connectivity index (χ0v) is 19.8. The number of rotatable bonds is 7. The number of hydrogen-bond acceptors (Lipinski definition) is 8. The Labute approximate surface area is 203 Å². The number of nitrogens with zero attached hydrogens (tertiary/aromatic N) is 5. The minimum Gasteiger partial charge on any atom is -0.480 e. The van der Waals surface area contributed by atoms with Gasteiger partial charge >= 0.3 is 0 Å². The first-order valence-corrected chi connectivity index (χ1v) is 12.1. The second-order valence-electron chi connectivity index (χ2n) is 7.60. The summed E-state index contributed by atoms with van der Waals surface area (Å²) in [7, 11) is -3.10. The molecule has 13 heteroatoms. The van der Waals surface area contributed by atoms with Gasteiger partial charge in [-0.1, -0.05) is 6.92 Å². The van der Waals surface area contributed by atoms with Gasteiger partial charge in [-0.05, 0) is 30.3 Å². The number of nitrogens with one attached hydrogen (secondary N) is 1. The molecule has 0 aliphatic rings. The maximum atomic E-state index is 14.2. The number of halogens is 2. The van der Waals surface area contributed by atoms with E-state index in [1.165, 1.54) is 19.4 Å². The number of methoxy groups -OCH3 is 1. The normalized spacial score (nSPS) is 11.7. The van der Waals surface area contributed by atoms with Gasteiger partial charge < -0.3 is 9.15 Å². The van der Waals surface area contributed by atoms with Gasteiger partial charge in [-0.15, -0.1) is 10.2 Å². The largest absolute Gasteiger partial charge is 0.480 e. The average Bonchev–Trinajstić information content (AvgIpc) is 3.50. The van der Waals surface area contributed by atoms with Crippen molar-refractivity contribution >= 4 is 21.4 Å². The molecule has 0 bridgehead atoms. The Hall–Kier alpha value is -4.39. The van der Waals surface area contributed by atoms with Crippen LogP contribution in [0.4, 0.5) is 14.5 Å². The number of imidazole rings is 1. The molecule has 184 valence electrons. The van der Waals surface area contributed by atoms with Crippen LogP contribution in [-0.4, -0.2) is 40.1 Å². The fraction of sp³-hybridized carbons (Fsp3) is 0.130. The number of benzene rings is 1. The molecule has 36 heavy (non-hydrogen) atoms. The molecule has 0 radical (unpaired) electrons. The Morgan fingerprint density at radius 2 is 1.89 bits per heavy atom. The van der Waals surface area contributed by atoms with Crippen molar-refractivity contribution in [2.75, 3.05) is 11.8 Å². The molecular weight excluding hydrogens is 494 g/mol. The van der Waals surface area contributed by atoms with Gasteiger partial charge in [0.05, 0.1) is 13.3 Å². The van der Waals surface area contributed by atoms with Gasteiger partial charge in [0, 0.05) is 36.0 Å². The summed E-state index contributed by atoms with van der Waals surface area (Å²) < 4.78 is 67.9. The highest BCUT2D eigenvalue weighted by atomic mass is 32.2. The van der Waals surface area contributed by atoms with E-state index in [0.29, 0.717) is 46.7 Å². The highest BCUT2D eigenvalue weighted by Crippen LogP contribution is 2.31. The molecular formula is C23H18F2N6O4S. The first-order valence-electron chi connectivity index (χ1n) is 10.6. The molecule has 0 unspecified atom stereocenters. The van der Waals surface area contributed by atoms with Gasteiger partial charge in [-0.3, -0.25) is 9.12 Å². The van der Waals surface area contributed by atoms with Crippen molar-refractivity contribution < 1.29 is 26.4 Å². The molecule has 1 N–H and O–H groups in total. The van der Waals surface area contributed by atoms with Gasteiger partial charge in [-0.2, -0.15) is 0 Å². The third kappa shape index (κ3) is 4.24. The van der Waals surface area contributed by atoms with Gasteiger partial charge in [0.15, 0.2) is 0 Å². The van der Waals surface area contributed by atoms with E-state index in [1.807, 2.05) is 6.92 Å². The minimum atomic E-state index is -4.42. The number of fused-ring (bicyclic) bond motifs is 1. The molecule has 4 heterocycles. The summed E-state index contributed by atoms with van der Waals surface area (Å²) in [5.41, 5.74) is 2.34. The second-order valence-corrected chi connectivity index (χ2v) is 9.26. The lowest BCUT2D eigenvalue weighted by Gasteiger charge is -2.13. The lowest BCUT2D eigenvalue weighted by molar-refractivity contribution is 0.400. The number of ether oxygens (including phenoxy) is 1. The quantitative estimate of drug-likeness (QED) is 0.346. The van der Waals surface area contributed by atoms with Crippen LogP contribution in [0.15, 0.2) is 64.3 Å². The van der Waals surface area contributed by atoms with E-state index < -0.39 is 26.6 Å². The molecule has 5 rings (SSSR count). The van der Waals surface area contributed by atoms with Crippen LogP contribution in [-0.2, 0) is 16.4 Å². The molecule has 0 atom stereocenters. The van der Waals surface area contributed by atoms with Crippen molar-refractivity contribution in [3.8, 4) is 28.6 Å². The summed E-state index contributed by atoms with van der Waals surface area (Å²) in [6, 6.07) is 7.22. The first kappa shape index (κ1) is 23.4. The number of aromatic nitrogens is 5. The second kappa shape index (κ2) is 9.00. The van der Waals surface area contributed by atoms with Gasteiger partial charge in [0.25, 0.3) is 15.9 Å². The van der Waals surface area contributed by atoms with E-state index >= 15 is 0 Å². The average molecular weight is 512 g/mol. The first-order chi connectivity index (χ1) is 17.3. The van der Waals surface area contributed by atoms with Crippen molar-refractivity contribution in [3.05, 3.63) is 72.5 Å². The van der Waals surface area contributed by atoms with Crippen molar-refractivity contribution in [1.82, 2.24) is 24.6 Å². The van der Waals surface area contributed by atoms with Crippen molar-refractivity contribution in [1.29, 1.82) is 0 Å². The van der Waals surface area contributed by atoms with Crippen LogP contribution in [0.5, 0.6) is 5.88 Å². The standard InChI is InChI=1S/C23H18F2N6O4S/c1-3-21-28-29-23(35-21)18-11-26-20-7-4-13(12-31(18)20)14-8-17(22(34-2)27-10-14)30-36(32,33)19-6-5-15(24)9-16(19)25/h4-12,30H,3H2,1-2H3. The molecule has 4 aromatic heterocycles. The summed E-state index contributed by atoms with van der Waals surface area (Å²) in [6.45, 7) is 1.90. The van der Waals surface area contributed by atoms with Crippen molar-refractivity contribution in [2.45, 2.75) is 18.2 Å². The van der Waals surface area contributed by atoms with Gasteiger partial charge in [0.2, 0.25) is 11.8 Å². The van der Waals surface area contributed by atoms with E-state index in [0.717, 1.165) is 12.1 Å². The Balaban J connectivity index is 1.55. The maximum Gasteiger partial charge on any atom is 0.266 e. The highest BCUT2D eigenvalue weighted by molar-refractivity contribution is 7.92. The Morgan fingerprint density at radius 3 is 2.61 bits per heavy atom. The molecule has 5 aromatic rings. The molecule has 0 spiro atoms. The van der Waals surface area contributed by atoms with Gasteiger partial charge in [0.1, 0.15) is 33.6 Å². The van der Waals surface area contributed by atoms with Crippen LogP contribution in [0.1, 0.15) is 12.8 Å². The number of sulfonamides is 1. The number of pyridine rings is 2. The molecule has 0 aliphatic heterocycles. The molecule has 10 nitrogen and oxygen atoms in total. The lowest BCUT2D eigenvalue weighted by atomic mass is 10.1. The smallest absolute Gasteiger partial charge is 0.266 e. The minimum absolute atomic E-state index is 0.0332. The van der Waals surface area contributed by atoms with Gasteiger partial charge in [-0.25, -0.2) is 27.2 Å². The van der Waals surface area contributed by atoms with E-state index in [4.69, 9.17) is 9.15 Å². The third-order valence-electron chi connectivity index (χ3n) is 5.30. The molecule has 0 fully saturated rings. The van der Waals surface area contributed by atoms with Crippen LogP contribution in [0.2, 0.25) is 0 Å². The highest BCUT2D eigenvalue weighted by Gasteiger charge is 2.22. The topological polar surface area (TPSA) is 125 Å². The van der Waals surface area contributed by atoms with Crippen molar-refractivity contribution in [2.24, 2.45) is 0 Å². The zero-order valence-electron chi connectivity index (χ0n) is 18.9. The Bertz CT molecular complexity index is 1700. The van der Waals surface area contributed by atoms with E-state index in [9.17, 15) is 17.2 Å². The predicted octanol–water partition coefficient (Wildman–Crippen LogP) is 4.10. The Morgan fingerprint density at radius 1 is 1.06 bits per heavy atom. The summed E-state index contributed by atoms with van der Waals surface area (Å²) in [6.07, 6.45) is 5.45. The maximum absolute atomic E-state index is 14.2. The van der Waals surface area contributed by atoms with E-state index in [-0.39, 0.29) is 11.6 Å². The molecule has 0 amide bonds. The van der Waals surface area contributed by atoms with E-state index in [1.54, 1.807) is 28.9 Å². The SMILES string of the molecule is CCc1nnc(-c2cnc3ccc(-c4cnc(OC)c(NS(=O)(=O)c5ccc(F)cc5F)c4)cn23)o1. The van der Waals surface area contributed by atoms with E-state index in [2.05, 4.69) is 24.9 Å². The van der Waals surface area contributed by atoms with Crippen molar-refractivity contribution in [3.63, 3.8) is 0 Å². The monoisotopic (exact) mass is 512 g/mol. The summed E-state index contributed by atoms with van der Waals surface area (Å²) >= 11 is 0.